The highest BCUT2D eigenvalue weighted by Crippen LogP contribution is 2.31. The molecular weight excluding hydrogens is 227 g/mol. The molecule has 0 saturated carbocycles. The summed E-state index contributed by atoms with van der Waals surface area (Å²) in [5.41, 5.74) is 1.14. The minimum Gasteiger partial charge on any atom is -0.391 e. The van der Waals surface area contributed by atoms with Crippen LogP contribution in [0, 0.1) is 0 Å². The highest BCUT2D eigenvalue weighted by Gasteiger charge is 2.29. The van der Waals surface area contributed by atoms with Crippen LogP contribution in [0.2, 0.25) is 0 Å². The molecule has 0 aromatic heterocycles. The molecule has 0 aromatic carbocycles. The van der Waals surface area contributed by atoms with Gasteiger partial charge in [0.2, 0.25) is 0 Å². The fourth-order valence-corrected chi connectivity index (χ4v) is 1.68. The Kier molecular flexibility index (Phi) is 5.32. The molecule has 0 amide bonds. The molecule has 0 fully saturated rings. The minimum atomic E-state index is -4.15. The van der Waals surface area contributed by atoms with Crippen LogP contribution in [0.1, 0.15) is 32.6 Å². The van der Waals surface area contributed by atoms with E-state index >= 15 is 0 Å². The van der Waals surface area contributed by atoms with Gasteiger partial charge in [-0.05, 0) is 30.4 Å². The highest BCUT2D eigenvalue weighted by atomic mass is 19.4. The molecule has 1 aliphatic carbocycles. The number of hydrogen-bond donors (Lipinski definition) is 1. The number of halogens is 3. The quantitative estimate of drug-likeness (QED) is 0.719. The number of nitrogens with one attached hydrogen (secondary N) is 1. The summed E-state index contributed by atoms with van der Waals surface area (Å²) < 4.78 is 37.4. The van der Waals surface area contributed by atoms with Crippen molar-refractivity contribution in [2.75, 3.05) is 6.54 Å². The average molecular weight is 245 g/mol. The van der Waals surface area contributed by atoms with Gasteiger partial charge in [0, 0.05) is 12.7 Å². The van der Waals surface area contributed by atoms with Crippen molar-refractivity contribution in [1.82, 2.24) is 5.32 Å². The Labute approximate surface area is 100 Å². The molecule has 0 radical (unpaired) electrons. The summed E-state index contributed by atoms with van der Waals surface area (Å²) in [6.45, 7) is 2.68. The third-order valence-corrected chi connectivity index (χ3v) is 2.49. The molecule has 0 aliphatic heterocycles. The number of alkyl halides is 3. The zero-order valence-electron chi connectivity index (χ0n) is 9.98. The van der Waals surface area contributed by atoms with E-state index in [0.29, 0.717) is 18.5 Å². The molecule has 1 aliphatic rings. The summed E-state index contributed by atoms with van der Waals surface area (Å²) in [5, 5.41) is 2.93. The molecule has 0 heterocycles. The molecule has 0 spiro atoms. The van der Waals surface area contributed by atoms with Gasteiger partial charge >= 0.3 is 6.18 Å². The molecule has 4 heteroatoms. The van der Waals surface area contributed by atoms with Crippen molar-refractivity contribution in [3.8, 4) is 0 Å². The van der Waals surface area contributed by atoms with E-state index in [9.17, 15) is 13.2 Å². The van der Waals surface area contributed by atoms with Crippen molar-refractivity contribution in [3.05, 3.63) is 35.6 Å². The first-order valence-electron chi connectivity index (χ1n) is 5.88. The second kappa shape index (κ2) is 6.52. The van der Waals surface area contributed by atoms with E-state index in [4.69, 9.17) is 0 Å². The van der Waals surface area contributed by atoms with Crippen LogP contribution >= 0.6 is 0 Å². The Morgan fingerprint density at radius 3 is 2.76 bits per heavy atom. The van der Waals surface area contributed by atoms with Gasteiger partial charge in [0.05, 0.1) is 6.42 Å². The van der Waals surface area contributed by atoms with Crippen molar-refractivity contribution < 1.29 is 13.2 Å². The monoisotopic (exact) mass is 245 g/mol. The molecule has 0 aromatic rings. The van der Waals surface area contributed by atoms with Gasteiger partial charge in [-0.25, -0.2) is 0 Å². The lowest BCUT2D eigenvalue weighted by Gasteiger charge is -2.16. The normalized spacial score (nSPS) is 16.9. The Bertz CT molecular complexity index is 324. The fourth-order valence-electron chi connectivity index (χ4n) is 1.68. The van der Waals surface area contributed by atoms with Crippen LogP contribution < -0.4 is 5.32 Å². The number of hydrogen-bond acceptors (Lipinski definition) is 1. The van der Waals surface area contributed by atoms with Crippen LogP contribution in [0.3, 0.4) is 0 Å². The maximum absolute atomic E-state index is 12.5. The SMILES string of the molecule is CCCN/C=C(\CC(F)(F)F)C1=CC=CCC1. The molecule has 0 bridgehead atoms. The van der Waals surface area contributed by atoms with E-state index in [2.05, 4.69) is 5.32 Å². The van der Waals surface area contributed by atoms with E-state index in [1.807, 2.05) is 19.1 Å². The van der Waals surface area contributed by atoms with Gasteiger partial charge in [-0.1, -0.05) is 25.2 Å². The highest BCUT2D eigenvalue weighted by molar-refractivity contribution is 5.36. The Morgan fingerprint density at radius 1 is 1.47 bits per heavy atom. The van der Waals surface area contributed by atoms with Crippen LogP contribution in [-0.4, -0.2) is 12.7 Å². The second-order valence-electron chi connectivity index (χ2n) is 4.07. The van der Waals surface area contributed by atoms with Crippen molar-refractivity contribution >= 4 is 0 Å². The maximum Gasteiger partial charge on any atom is 0.393 e. The second-order valence-corrected chi connectivity index (χ2v) is 4.07. The summed E-state index contributed by atoms with van der Waals surface area (Å²) in [4.78, 5) is 0. The van der Waals surface area contributed by atoms with E-state index in [1.54, 1.807) is 6.08 Å². The van der Waals surface area contributed by atoms with Gasteiger partial charge < -0.3 is 5.32 Å². The van der Waals surface area contributed by atoms with Gasteiger partial charge in [0.1, 0.15) is 0 Å². The Hall–Kier alpha value is -1.19. The third kappa shape index (κ3) is 5.61. The maximum atomic E-state index is 12.5. The van der Waals surface area contributed by atoms with Crippen LogP contribution in [0.4, 0.5) is 13.2 Å². The van der Waals surface area contributed by atoms with E-state index in [1.165, 1.54) is 6.20 Å². The van der Waals surface area contributed by atoms with Crippen LogP contribution in [0.5, 0.6) is 0 Å². The molecular formula is C13H18F3N. The summed E-state index contributed by atoms with van der Waals surface area (Å²) in [6.07, 6.45) is 4.47. The summed E-state index contributed by atoms with van der Waals surface area (Å²) >= 11 is 0. The first-order chi connectivity index (χ1) is 8.03. The van der Waals surface area contributed by atoms with E-state index < -0.39 is 12.6 Å². The lowest BCUT2D eigenvalue weighted by atomic mass is 9.95. The van der Waals surface area contributed by atoms with Crippen molar-refractivity contribution in [3.63, 3.8) is 0 Å². The lowest BCUT2D eigenvalue weighted by molar-refractivity contribution is -0.126. The molecule has 0 atom stereocenters. The summed E-state index contributed by atoms with van der Waals surface area (Å²) in [6, 6.07) is 0. The third-order valence-electron chi connectivity index (χ3n) is 2.49. The zero-order chi connectivity index (χ0) is 12.7. The van der Waals surface area contributed by atoms with Gasteiger partial charge in [0.15, 0.2) is 0 Å². The van der Waals surface area contributed by atoms with Crippen LogP contribution in [-0.2, 0) is 0 Å². The van der Waals surface area contributed by atoms with E-state index in [-0.39, 0.29) is 0 Å². The van der Waals surface area contributed by atoms with E-state index in [0.717, 1.165) is 18.4 Å². The topological polar surface area (TPSA) is 12.0 Å². The molecule has 0 saturated heterocycles. The first kappa shape index (κ1) is 13.9. The van der Waals surface area contributed by atoms with Crippen molar-refractivity contribution in [2.45, 2.75) is 38.8 Å². The van der Waals surface area contributed by atoms with Crippen molar-refractivity contribution in [1.29, 1.82) is 0 Å². The average Bonchev–Trinajstić information content (AvgIpc) is 2.28. The number of allylic oxidation sites excluding steroid dienone is 5. The summed E-state index contributed by atoms with van der Waals surface area (Å²) in [5.74, 6) is 0. The predicted molar refractivity (Wildman–Crippen MR) is 63.5 cm³/mol. The predicted octanol–water partition coefficient (Wildman–Crippen LogP) is 4.10. The van der Waals surface area contributed by atoms with Gasteiger partial charge in [-0.15, -0.1) is 0 Å². The standard InChI is InChI=1S/C13H18F3N/c1-2-8-17-10-12(9-13(14,15)16)11-6-4-3-5-7-11/h3-4,6,10,17H,2,5,7-9H2,1H3/b12-10+. The van der Waals surface area contributed by atoms with Crippen LogP contribution in [0.25, 0.3) is 0 Å². The minimum absolute atomic E-state index is 0.357. The first-order valence-corrected chi connectivity index (χ1v) is 5.88. The lowest BCUT2D eigenvalue weighted by Crippen LogP contribution is -2.14. The number of rotatable bonds is 5. The van der Waals surface area contributed by atoms with Crippen LogP contribution in [0.15, 0.2) is 35.6 Å². The Morgan fingerprint density at radius 2 is 2.24 bits per heavy atom. The molecule has 0 unspecified atom stereocenters. The van der Waals surface area contributed by atoms with Crippen molar-refractivity contribution in [2.24, 2.45) is 0 Å². The Balaban J connectivity index is 2.74. The van der Waals surface area contributed by atoms with Gasteiger partial charge in [0.25, 0.3) is 0 Å². The smallest absolute Gasteiger partial charge is 0.391 e. The van der Waals surface area contributed by atoms with Gasteiger partial charge in [-0.3, -0.25) is 0 Å². The van der Waals surface area contributed by atoms with Gasteiger partial charge in [-0.2, -0.15) is 13.2 Å². The molecule has 1 nitrogen and oxygen atoms in total. The fraction of sp³-hybridized carbons (Fsp3) is 0.538. The summed E-state index contributed by atoms with van der Waals surface area (Å²) in [7, 11) is 0. The molecule has 1 N–H and O–H groups in total. The zero-order valence-corrected chi connectivity index (χ0v) is 9.98. The molecule has 1 rings (SSSR count). The largest absolute Gasteiger partial charge is 0.393 e. The molecule has 96 valence electrons. The molecule has 17 heavy (non-hydrogen) atoms.